The maximum absolute atomic E-state index is 11.4. The number of benzene rings is 1. The van der Waals surface area contributed by atoms with Crippen LogP contribution in [0.5, 0.6) is 5.75 Å². The average molecular weight is 457 g/mol. The summed E-state index contributed by atoms with van der Waals surface area (Å²) < 4.78 is 15.4. The standard InChI is InChI=1S/C23H36O5S2/c1-4-5-6-7-8-9-16-28-20-12-10-19(11-13-20)23(29-17-14-21(24)26-2)30-18-15-22(25)27-3/h10-13,23H,4-9,14-18H2,1-3H3. The quantitative estimate of drug-likeness (QED) is 0.161. The van der Waals surface area contributed by atoms with Gasteiger partial charge in [0.15, 0.2) is 0 Å². The lowest BCUT2D eigenvalue weighted by Gasteiger charge is -2.17. The number of carbonyl (C=O) groups excluding carboxylic acids is 2. The van der Waals surface area contributed by atoms with Gasteiger partial charge in [-0.2, -0.15) is 0 Å². The second-order valence-corrected chi connectivity index (χ2v) is 9.64. The summed E-state index contributed by atoms with van der Waals surface area (Å²) >= 11 is 3.37. The number of methoxy groups -OCH3 is 2. The van der Waals surface area contributed by atoms with Gasteiger partial charge in [0.05, 0.1) is 38.3 Å². The van der Waals surface area contributed by atoms with E-state index in [1.165, 1.54) is 46.3 Å². The lowest BCUT2D eigenvalue weighted by atomic mass is 10.1. The summed E-state index contributed by atoms with van der Waals surface area (Å²) in [5.41, 5.74) is 1.15. The van der Waals surface area contributed by atoms with E-state index in [2.05, 4.69) is 19.1 Å². The fourth-order valence-electron chi connectivity index (χ4n) is 2.74. The number of rotatable bonds is 17. The van der Waals surface area contributed by atoms with E-state index < -0.39 is 0 Å². The molecule has 0 saturated heterocycles. The van der Waals surface area contributed by atoms with Gasteiger partial charge in [0.2, 0.25) is 0 Å². The topological polar surface area (TPSA) is 61.8 Å². The zero-order valence-corrected chi connectivity index (χ0v) is 20.2. The Kier molecular flexibility index (Phi) is 15.4. The van der Waals surface area contributed by atoms with Gasteiger partial charge < -0.3 is 14.2 Å². The third kappa shape index (κ3) is 12.4. The molecule has 0 atom stereocenters. The van der Waals surface area contributed by atoms with Gasteiger partial charge in [-0.25, -0.2) is 0 Å². The van der Waals surface area contributed by atoms with E-state index in [-0.39, 0.29) is 16.5 Å². The largest absolute Gasteiger partial charge is 0.494 e. The predicted octanol–water partition coefficient (Wildman–Crippen LogP) is 6.02. The van der Waals surface area contributed by atoms with Crippen LogP contribution in [-0.4, -0.2) is 44.3 Å². The zero-order valence-electron chi connectivity index (χ0n) is 18.5. The first-order valence-electron chi connectivity index (χ1n) is 10.7. The summed E-state index contributed by atoms with van der Waals surface area (Å²) in [6.07, 6.45) is 8.22. The summed E-state index contributed by atoms with van der Waals surface area (Å²) in [6.45, 7) is 2.98. The second-order valence-electron chi connectivity index (χ2n) is 6.91. The Hall–Kier alpha value is -1.34. The number of thioether (sulfide) groups is 2. The van der Waals surface area contributed by atoms with Crippen molar-refractivity contribution in [2.45, 2.75) is 62.9 Å². The predicted molar refractivity (Wildman–Crippen MR) is 126 cm³/mol. The number of hydrogen-bond donors (Lipinski definition) is 0. The van der Waals surface area contributed by atoms with E-state index in [0.717, 1.165) is 24.3 Å². The molecule has 170 valence electrons. The summed E-state index contributed by atoms with van der Waals surface area (Å²) in [7, 11) is 2.80. The second kappa shape index (κ2) is 17.4. The molecule has 7 heteroatoms. The van der Waals surface area contributed by atoms with E-state index in [1.807, 2.05) is 12.1 Å². The highest BCUT2D eigenvalue weighted by Crippen LogP contribution is 2.40. The Balaban J connectivity index is 2.50. The highest BCUT2D eigenvalue weighted by molar-refractivity contribution is 8.16. The molecule has 0 radical (unpaired) electrons. The average Bonchev–Trinajstić information content (AvgIpc) is 2.77. The lowest BCUT2D eigenvalue weighted by Crippen LogP contribution is -2.04. The van der Waals surface area contributed by atoms with Crippen LogP contribution in [0.3, 0.4) is 0 Å². The van der Waals surface area contributed by atoms with Crippen molar-refractivity contribution in [3.8, 4) is 5.75 Å². The summed E-state index contributed by atoms with van der Waals surface area (Å²) in [4.78, 5) is 22.8. The Labute approximate surface area is 190 Å². The number of carbonyl (C=O) groups is 2. The van der Waals surface area contributed by atoms with Crippen molar-refractivity contribution in [2.75, 3.05) is 32.3 Å². The molecule has 0 aliphatic rings. The minimum Gasteiger partial charge on any atom is -0.494 e. The molecular weight excluding hydrogens is 420 g/mol. The fourth-order valence-corrected chi connectivity index (χ4v) is 5.40. The molecule has 0 aromatic heterocycles. The molecule has 0 unspecified atom stereocenters. The summed E-state index contributed by atoms with van der Waals surface area (Å²) in [6, 6.07) is 8.14. The first-order chi connectivity index (χ1) is 14.6. The molecule has 0 aliphatic heterocycles. The van der Waals surface area contributed by atoms with Gasteiger partial charge in [-0.3, -0.25) is 9.59 Å². The first kappa shape index (κ1) is 26.7. The number of esters is 2. The highest BCUT2D eigenvalue weighted by atomic mass is 32.2. The van der Waals surface area contributed by atoms with Gasteiger partial charge >= 0.3 is 11.9 Å². The van der Waals surface area contributed by atoms with Crippen molar-refractivity contribution in [2.24, 2.45) is 0 Å². The normalized spacial score (nSPS) is 10.8. The molecular formula is C23H36O5S2. The molecule has 0 spiro atoms. The third-order valence-electron chi connectivity index (χ3n) is 4.53. The third-order valence-corrected chi connectivity index (χ3v) is 7.37. The van der Waals surface area contributed by atoms with Crippen LogP contribution in [0.2, 0.25) is 0 Å². The number of ether oxygens (including phenoxy) is 3. The maximum Gasteiger partial charge on any atom is 0.306 e. The molecule has 0 amide bonds. The monoisotopic (exact) mass is 456 g/mol. The van der Waals surface area contributed by atoms with Crippen LogP contribution in [0.1, 0.15) is 68.4 Å². The van der Waals surface area contributed by atoms with E-state index in [1.54, 1.807) is 23.5 Å². The van der Waals surface area contributed by atoms with Crippen LogP contribution in [0.25, 0.3) is 0 Å². The Morgan fingerprint density at radius 1 is 0.833 bits per heavy atom. The summed E-state index contributed by atoms with van der Waals surface area (Å²) in [5, 5.41) is 0. The van der Waals surface area contributed by atoms with Gasteiger partial charge in [-0.15, -0.1) is 23.5 Å². The molecule has 1 aromatic rings. The Morgan fingerprint density at radius 3 is 1.90 bits per heavy atom. The van der Waals surface area contributed by atoms with Gasteiger partial charge in [-0.1, -0.05) is 51.2 Å². The summed E-state index contributed by atoms with van der Waals surface area (Å²) in [5.74, 6) is 1.79. The molecule has 1 rings (SSSR count). The molecule has 30 heavy (non-hydrogen) atoms. The van der Waals surface area contributed by atoms with E-state index in [0.29, 0.717) is 24.3 Å². The Morgan fingerprint density at radius 2 is 1.37 bits per heavy atom. The molecule has 5 nitrogen and oxygen atoms in total. The van der Waals surface area contributed by atoms with Crippen molar-refractivity contribution >= 4 is 35.5 Å². The SMILES string of the molecule is CCCCCCCCOc1ccc(C(SCCC(=O)OC)SCCC(=O)OC)cc1. The molecule has 0 fully saturated rings. The van der Waals surface area contributed by atoms with Crippen molar-refractivity contribution < 1.29 is 23.8 Å². The minimum absolute atomic E-state index is 0.131. The highest BCUT2D eigenvalue weighted by Gasteiger charge is 2.15. The minimum atomic E-state index is -0.209. The van der Waals surface area contributed by atoms with Crippen LogP contribution >= 0.6 is 23.5 Å². The van der Waals surface area contributed by atoms with Crippen molar-refractivity contribution in [3.63, 3.8) is 0 Å². The van der Waals surface area contributed by atoms with Gasteiger partial charge in [0.1, 0.15) is 5.75 Å². The molecule has 0 aliphatic carbocycles. The Bertz CT molecular complexity index is 570. The molecule has 0 N–H and O–H groups in total. The first-order valence-corrected chi connectivity index (χ1v) is 12.8. The van der Waals surface area contributed by atoms with Gasteiger partial charge in [0.25, 0.3) is 0 Å². The van der Waals surface area contributed by atoms with Crippen LogP contribution in [0.15, 0.2) is 24.3 Å². The van der Waals surface area contributed by atoms with Crippen LogP contribution in [-0.2, 0) is 19.1 Å². The van der Waals surface area contributed by atoms with E-state index >= 15 is 0 Å². The zero-order chi connectivity index (χ0) is 22.0. The number of unbranched alkanes of at least 4 members (excludes halogenated alkanes) is 5. The van der Waals surface area contributed by atoms with Crippen LogP contribution in [0, 0.1) is 0 Å². The van der Waals surface area contributed by atoms with Crippen molar-refractivity contribution in [1.29, 1.82) is 0 Å². The smallest absolute Gasteiger partial charge is 0.306 e. The number of hydrogen-bond acceptors (Lipinski definition) is 7. The molecule has 1 aromatic carbocycles. The molecule has 0 heterocycles. The van der Waals surface area contributed by atoms with E-state index in [4.69, 9.17) is 14.2 Å². The van der Waals surface area contributed by atoms with Gasteiger partial charge in [0, 0.05) is 11.5 Å². The molecule has 0 bridgehead atoms. The van der Waals surface area contributed by atoms with Gasteiger partial charge in [-0.05, 0) is 24.1 Å². The van der Waals surface area contributed by atoms with Crippen molar-refractivity contribution in [3.05, 3.63) is 29.8 Å². The van der Waals surface area contributed by atoms with Crippen LogP contribution in [0.4, 0.5) is 0 Å². The maximum atomic E-state index is 11.4. The fraction of sp³-hybridized carbons (Fsp3) is 0.652. The van der Waals surface area contributed by atoms with Crippen molar-refractivity contribution in [1.82, 2.24) is 0 Å². The van der Waals surface area contributed by atoms with Crippen LogP contribution < -0.4 is 4.74 Å². The lowest BCUT2D eigenvalue weighted by molar-refractivity contribution is -0.140. The van der Waals surface area contributed by atoms with E-state index in [9.17, 15) is 9.59 Å². The molecule has 0 saturated carbocycles.